The number of benzene rings is 1. The number of ether oxygens (including phenoxy) is 1. The van der Waals surface area contributed by atoms with Crippen molar-refractivity contribution >= 4 is 54.4 Å². The van der Waals surface area contributed by atoms with Gasteiger partial charge < -0.3 is 9.64 Å². The van der Waals surface area contributed by atoms with Gasteiger partial charge in [0, 0.05) is 26.2 Å². The summed E-state index contributed by atoms with van der Waals surface area (Å²) in [5, 5.41) is 2.86. The van der Waals surface area contributed by atoms with Crippen molar-refractivity contribution in [1.82, 2.24) is 14.2 Å². The molecule has 1 amide bonds. The molecule has 11 heteroatoms. The fourth-order valence-electron chi connectivity index (χ4n) is 2.55. The summed E-state index contributed by atoms with van der Waals surface area (Å²) in [6, 6.07) is 4.78. The lowest BCUT2D eigenvalue weighted by Crippen LogP contribution is -2.46. The summed E-state index contributed by atoms with van der Waals surface area (Å²) in [7, 11) is -1.57. The summed E-state index contributed by atoms with van der Waals surface area (Å²) in [5.74, 6) is 0.209. The maximum Gasteiger partial charge on any atom is 0.413 e. The highest BCUT2D eigenvalue weighted by molar-refractivity contribution is 7.89. The van der Waals surface area contributed by atoms with Crippen molar-refractivity contribution in [2.24, 2.45) is 0 Å². The molecule has 1 aliphatic heterocycles. The number of nitrogens with one attached hydrogen (secondary N) is 1. The Morgan fingerprint density at radius 3 is 2.77 bits per heavy atom. The van der Waals surface area contributed by atoms with Crippen LogP contribution >= 0.6 is 22.9 Å². The van der Waals surface area contributed by atoms with Crippen LogP contribution in [-0.2, 0) is 14.8 Å². The molecule has 8 nitrogen and oxygen atoms in total. The van der Waals surface area contributed by atoms with Gasteiger partial charge in [0.15, 0.2) is 5.13 Å². The molecule has 0 bridgehead atoms. The molecule has 0 unspecified atom stereocenters. The number of amides is 1. The van der Waals surface area contributed by atoms with Crippen molar-refractivity contribution in [1.29, 1.82) is 0 Å². The van der Waals surface area contributed by atoms with Crippen LogP contribution in [0.1, 0.15) is 0 Å². The number of likely N-dealkylation sites (N-methyl/N-ethyl adjacent to an activating group) is 1. The number of alkyl halides is 1. The van der Waals surface area contributed by atoms with Gasteiger partial charge in [-0.3, -0.25) is 5.32 Å². The van der Waals surface area contributed by atoms with Crippen LogP contribution in [0.25, 0.3) is 10.2 Å². The molecule has 1 aliphatic rings. The number of fused-ring (bicyclic) bond motifs is 1. The Kier molecular flexibility index (Phi) is 5.98. The molecule has 3 rings (SSSR count). The molecule has 0 aliphatic carbocycles. The van der Waals surface area contributed by atoms with Crippen molar-refractivity contribution in [3.05, 3.63) is 18.2 Å². The highest BCUT2D eigenvalue weighted by Crippen LogP contribution is 2.29. The van der Waals surface area contributed by atoms with E-state index < -0.39 is 16.1 Å². The molecule has 0 radical (unpaired) electrons. The number of nitrogens with zero attached hydrogens (tertiary/aromatic N) is 3. The van der Waals surface area contributed by atoms with Gasteiger partial charge in [-0.25, -0.2) is 18.2 Å². The third-order valence-electron chi connectivity index (χ3n) is 3.98. The number of carbonyl (C=O) groups is 1. The van der Waals surface area contributed by atoms with E-state index in [1.54, 1.807) is 18.2 Å². The number of hydrogen-bond acceptors (Lipinski definition) is 7. The van der Waals surface area contributed by atoms with Crippen LogP contribution in [0, 0.1) is 0 Å². The van der Waals surface area contributed by atoms with Crippen LogP contribution in [0.3, 0.4) is 0 Å². The second kappa shape index (κ2) is 8.05. The second-order valence-electron chi connectivity index (χ2n) is 5.81. The molecule has 26 heavy (non-hydrogen) atoms. The first-order valence-corrected chi connectivity index (χ1v) is 10.8. The van der Waals surface area contributed by atoms with E-state index in [1.165, 1.54) is 15.6 Å². The molecular weight excluding hydrogens is 400 g/mol. The monoisotopic (exact) mass is 418 g/mol. The number of piperazine rings is 1. The third kappa shape index (κ3) is 4.26. The average molecular weight is 419 g/mol. The molecule has 1 saturated heterocycles. The summed E-state index contributed by atoms with van der Waals surface area (Å²) in [4.78, 5) is 18.2. The average Bonchev–Trinajstić information content (AvgIpc) is 3.01. The lowest BCUT2D eigenvalue weighted by atomic mass is 10.3. The van der Waals surface area contributed by atoms with Crippen molar-refractivity contribution in [2.45, 2.75) is 4.90 Å². The van der Waals surface area contributed by atoms with Gasteiger partial charge in [-0.2, -0.15) is 4.31 Å². The topological polar surface area (TPSA) is 91.8 Å². The smallest absolute Gasteiger partial charge is 0.413 e. The summed E-state index contributed by atoms with van der Waals surface area (Å²) < 4.78 is 32.7. The largest absolute Gasteiger partial charge is 0.448 e. The van der Waals surface area contributed by atoms with E-state index in [1.807, 2.05) is 7.05 Å². The molecule has 0 spiro atoms. The van der Waals surface area contributed by atoms with Gasteiger partial charge in [0.2, 0.25) is 10.0 Å². The van der Waals surface area contributed by atoms with E-state index in [0.717, 1.165) is 0 Å². The molecule has 1 fully saturated rings. The van der Waals surface area contributed by atoms with Gasteiger partial charge in [0.05, 0.1) is 21.0 Å². The minimum atomic E-state index is -3.54. The van der Waals surface area contributed by atoms with Crippen LogP contribution in [0.4, 0.5) is 9.93 Å². The number of aromatic nitrogens is 1. The maximum absolute atomic E-state index is 12.8. The standard InChI is InChI=1S/C15H19ClN4O4S2/c1-19-5-7-20(8-6-19)26(22,23)11-2-3-12-13(10-11)25-14(17-12)18-15(21)24-9-4-16/h2-3,10H,4-9H2,1H3,(H,17,18,21). The molecular formula is C15H19ClN4O4S2. The first-order chi connectivity index (χ1) is 12.4. The normalized spacial score (nSPS) is 16.7. The highest BCUT2D eigenvalue weighted by Gasteiger charge is 2.27. The predicted molar refractivity (Wildman–Crippen MR) is 102 cm³/mol. The SMILES string of the molecule is CN1CCN(S(=O)(=O)c2ccc3nc(NC(=O)OCCCl)sc3c2)CC1. The minimum Gasteiger partial charge on any atom is -0.448 e. The Morgan fingerprint density at radius 2 is 2.08 bits per heavy atom. The molecule has 0 atom stereocenters. The van der Waals surface area contributed by atoms with Crippen LogP contribution in [-0.4, -0.2) is 74.4 Å². The fraction of sp³-hybridized carbons (Fsp3) is 0.467. The Bertz CT molecular complexity index is 894. The van der Waals surface area contributed by atoms with E-state index in [4.69, 9.17) is 16.3 Å². The van der Waals surface area contributed by atoms with Gasteiger partial charge in [-0.05, 0) is 25.2 Å². The summed E-state index contributed by atoms with van der Waals surface area (Å²) >= 11 is 6.65. The zero-order valence-corrected chi connectivity index (χ0v) is 16.5. The van der Waals surface area contributed by atoms with Gasteiger partial charge in [0.1, 0.15) is 6.61 Å². The molecule has 0 saturated carbocycles. The van der Waals surface area contributed by atoms with E-state index in [-0.39, 0.29) is 17.4 Å². The van der Waals surface area contributed by atoms with Gasteiger partial charge in [-0.1, -0.05) is 11.3 Å². The third-order valence-corrected chi connectivity index (χ3v) is 6.96. The molecule has 1 N–H and O–H groups in total. The zero-order chi connectivity index (χ0) is 18.7. The Hall–Kier alpha value is -1.46. The zero-order valence-electron chi connectivity index (χ0n) is 14.1. The molecule has 142 valence electrons. The van der Waals surface area contributed by atoms with Crippen molar-refractivity contribution < 1.29 is 17.9 Å². The van der Waals surface area contributed by atoms with Crippen LogP contribution in [0.2, 0.25) is 0 Å². The number of anilines is 1. The fourth-order valence-corrected chi connectivity index (χ4v) is 5.04. The van der Waals surface area contributed by atoms with Crippen molar-refractivity contribution in [3.8, 4) is 0 Å². The van der Waals surface area contributed by atoms with E-state index in [2.05, 4.69) is 15.2 Å². The van der Waals surface area contributed by atoms with E-state index >= 15 is 0 Å². The Labute approximate surface area is 160 Å². The summed E-state index contributed by atoms with van der Waals surface area (Å²) in [5.41, 5.74) is 0.611. The number of halogens is 1. The molecule has 1 aromatic carbocycles. The Morgan fingerprint density at radius 1 is 1.35 bits per heavy atom. The number of carbonyl (C=O) groups excluding carboxylic acids is 1. The maximum atomic E-state index is 12.8. The number of hydrogen-bond donors (Lipinski definition) is 1. The molecule has 2 aromatic rings. The van der Waals surface area contributed by atoms with Gasteiger partial charge in [0.25, 0.3) is 0 Å². The lowest BCUT2D eigenvalue weighted by Gasteiger charge is -2.31. The highest BCUT2D eigenvalue weighted by atomic mass is 35.5. The number of sulfonamides is 1. The van der Waals surface area contributed by atoms with Crippen molar-refractivity contribution in [2.75, 3.05) is 51.0 Å². The van der Waals surface area contributed by atoms with E-state index in [0.29, 0.717) is 41.5 Å². The quantitative estimate of drug-likeness (QED) is 0.747. The van der Waals surface area contributed by atoms with Gasteiger partial charge in [-0.15, -0.1) is 11.6 Å². The lowest BCUT2D eigenvalue weighted by molar-refractivity contribution is 0.168. The van der Waals surface area contributed by atoms with Crippen LogP contribution in [0.15, 0.2) is 23.1 Å². The first-order valence-electron chi connectivity index (χ1n) is 7.99. The van der Waals surface area contributed by atoms with Gasteiger partial charge >= 0.3 is 6.09 Å². The Balaban J connectivity index is 1.79. The molecule has 2 heterocycles. The van der Waals surface area contributed by atoms with Crippen LogP contribution < -0.4 is 5.32 Å². The number of thiazole rings is 1. The number of rotatable bonds is 5. The van der Waals surface area contributed by atoms with Crippen molar-refractivity contribution in [3.63, 3.8) is 0 Å². The predicted octanol–water partition coefficient (Wildman–Crippen LogP) is 2.02. The van der Waals surface area contributed by atoms with Crippen LogP contribution in [0.5, 0.6) is 0 Å². The first kappa shape index (κ1) is 19.3. The molecule has 1 aromatic heterocycles. The minimum absolute atomic E-state index is 0.103. The summed E-state index contributed by atoms with van der Waals surface area (Å²) in [6.07, 6.45) is -0.644. The van der Waals surface area contributed by atoms with E-state index in [9.17, 15) is 13.2 Å². The second-order valence-corrected chi connectivity index (χ2v) is 9.15. The summed E-state index contributed by atoms with van der Waals surface area (Å²) in [6.45, 7) is 2.46.